The number of hydrogen-bond acceptors (Lipinski definition) is 6. The monoisotopic (exact) mass is 468 g/mol. The summed E-state index contributed by atoms with van der Waals surface area (Å²) in [5, 5.41) is 36.1. The van der Waals surface area contributed by atoms with Gasteiger partial charge in [-0.1, -0.05) is 13.8 Å². The lowest BCUT2D eigenvalue weighted by Crippen LogP contribution is -2.38. The number of aromatic hydroxyl groups is 2. The number of amides is 1. The summed E-state index contributed by atoms with van der Waals surface area (Å²) in [7, 11) is 0. The molecule has 180 valence electrons. The van der Waals surface area contributed by atoms with E-state index in [1.165, 1.54) is 15.5 Å². The van der Waals surface area contributed by atoms with Crippen LogP contribution in [0.1, 0.15) is 38.2 Å². The summed E-state index contributed by atoms with van der Waals surface area (Å²) in [6, 6.07) is 9.84. The number of hydrogen-bond donors (Lipinski definition) is 4. The molecule has 1 aliphatic heterocycles. The molecule has 1 aromatic heterocycles. The topological polar surface area (TPSA) is 141 Å². The fraction of sp³-hybridized carbons (Fsp3) is 0.375. The summed E-state index contributed by atoms with van der Waals surface area (Å²) in [4.78, 5) is 25.0. The van der Waals surface area contributed by atoms with E-state index < -0.39 is 11.8 Å². The third-order valence-electron chi connectivity index (χ3n) is 6.15. The molecule has 4 N–H and O–H groups in total. The molecule has 2 heterocycles. The number of aromatic amines is 1. The van der Waals surface area contributed by atoms with Crippen LogP contribution in [-0.4, -0.2) is 60.8 Å². The number of benzene rings is 2. The molecule has 0 unspecified atom stereocenters. The minimum atomic E-state index is -0.884. The SMILES string of the molecule is CC(C)c1cc(-c2n[nH]c(=O)n2-c2ccc(OCC3CCN(C(=O)O)CC3)cc2)c(O)cc1O. The molecule has 1 fully saturated rings. The van der Waals surface area contributed by atoms with Crippen LogP contribution in [0.15, 0.2) is 41.2 Å². The number of H-pyrrole nitrogens is 1. The van der Waals surface area contributed by atoms with Gasteiger partial charge in [-0.2, -0.15) is 5.10 Å². The predicted molar refractivity (Wildman–Crippen MR) is 125 cm³/mol. The number of phenolic OH excluding ortho intramolecular Hbond substituents is 2. The molecule has 0 aliphatic carbocycles. The van der Waals surface area contributed by atoms with E-state index in [1.54, 1.807) is 30.3 Å². The van der Waals surface area contributed by atoms with Gasteiger partial charge in [-0.25, -0.2) is 19.3 Å². The Morgan fingerprint density at radius 1 is 1.15 bits per heavy atom. The fourth-order valence-corrected chi connectivity index (χ4v) is 4.15. The number of rotatable bonds is 6. The van der Waals surface area contributed by atoms with E-state index in [0.29, 0.717) is 42.3 Å². The summed E-state index contributed by atoms with van der Waals surface area (Å²) in [5.41, 5.74) is 1.03. The Bertz CT molecular complexity index is 1220. The molecule has 1 saturated heterocycles. The fourth-order valence-electron chi connectivity index (χ4n) is 4.15. The number of nitrogens with zero attached hydrogens (tertiary/aromatic N) is 3. The van der Waals surface area contributed by atoms with Crippen molar-refractivity contribution in [3.8, 4) is 34.3 Å². The summed E-state index contributed by atoms with van der Waals surface area (Å²) in [5.74, 6) is 0.949. The number of likely N-dealkylation sites (tertiary alicyclic amines) is 1. The van der Waals surface area contributed by atoms with E-state index in [9.17, 15) is 19.8 Å². The third-order valence-corrected chi connectivity index (χ3v) is 6.15. The molecule has 1 amide bonds. The molecule has 10 heteroatoms. The van der Waals surface area contributed by atoms with Crippen molar-refractivity contribution >= 4 is 6.09 Å². The first-order valence-electron chi connectivity index (χ1n) is 11.2. The Labute approximate surface area is 196 Å². The first kappa shape index (κ1) is 23.2. The molecule has 0 radical (unpaired) electrons. The van der Waals surface area contributed by atoms with Crippen molar-refractivity contribution < 1.29 is 24.9 Å². The zero-order valence-electron chi connectivity index (χ0n) is 19.1. The van der Waals surface area contributed by atoms with Crippen LogP contribution in [0.3, 0.4) is 0 Å². The maximum absolute atomic E-state index is 12.5. The average Bonchev–Trinajstić information content (AvgIpc) is 3.19. The van der Waals surface area contributed by atoms with Crippen molar-refractivity contribution in [3.63, 3.8) is 0 Å². The number of carboxylic acid groups (broad SMARTS) is 1. The zero-order chi connectivity index (χ0) is 24.4. The summed E-state index contributed by atoms with van der Waals surface area (Å²) in [6.45, 7) is 5.35. The third kappa shape index (κ3) is 4.70. The maximum Gasteiger partial charge on any atom is 0.407 e. The van der Waals surface area contributed by atoms with E-state index in [0.717, 1.165) is 12.8 Å². The van der Waals surface area contributed by atoms with Crippen LogP contribution in [0.2, 0.25) is 0 Å². The van der Waals surface area contributed by atoms with Gasteiger partial charge in [0, 0.05) is 19.2 Å². The van der Waals surface area contributed by atoms with Crippen molar-refractivity contribution in [2.24, 2.45) is 5.92 Å². The highest BCUT2D eigenvalue weighted by molar-refractivity contribution is 5.69. The molecular weight excluding hydrogens is 440 g/mol. The average molecular weight is 469 g/mol. The van der Waals surface area contributed by atoms with Crippen LogP contribution in [0.4, 0.5) is 4.79 Å². The van der Waals surface area contributed by atoms with Gasteiger partial charge in [0.05, 0.1) is 17.9 Å². The minimum Gasteiger partial charge on any atom is -0.508 e. The smallest absolute Gasteiger partial charge is 0.407 e. The van der Waals surface area contributed by atoms with Crippen molar-refractivity contribution in [1.82, 2.24) is 19.7 Å². The van der Waals surface area contributed by atoms with Crippen LogP contribution in [0.25, 0.3) is 17.1 Å². The lowest BCUT2D eigenvalue weighted by molar-refractivity contribution is 0.111. The van der Waals surface area contributed by atoms with Gasteiger partial charge in [0.15, 0.2) is 5.82 Å². The van der Waals surface area contributed by atoms with Crippen molar-refractivity contribution in [1.29, 1.82) is 0 Å². The van der Waals surface area contributed by atoms with Gasteiger partial charge in [0.2, 0.25) is 0 Å². The van der Waals surface area contributed by atoms with Crippen LogP contribution < -0.4 is 10.4 Å². The number of piperidine rings is 1. The Balaban J connectivity index is 1.52. The van der Waals surface area contributed by atoms with Gasteiger partial charge in [0.25, 0.3) is 0 Å². The Kier molecular flexibility index (Phi) is 6.49. The molecule has 3 aromatic rings. The lowest BCUT2D eigenvalue weighted by atomic mass is 9.98. The second-order valence-corrected chi connectivity index (χ2v) is 8.79. The van der Waals surface area contributed by atoms with E-state index in [1.807, 2.05) is 13.8 Å². The lowest BCUT2D eigenvalue weighted by Gasteiger charge is -2.29. The summed E-state index contributed by atoms with van der Waals surface area (Å²) < 4.78 is 7.24. The summed E-state index contributed by atoms with van der Waals surface area (Å²) >= 11 is 0. The van der Waals surface area contributed by atoms with Crippen molar-refractivity contribution in [2.75, 3.05) is 19.7 Å². The molecule has 1 aliphatic rings. The zero-order valence-corrected chi connectivity index (χ0v) is 19.1. The minimum absolute atomic E-state index is 0.00580. The van der Waals surface area contributed by atoms with Crippen LogP contribution >= 0.6 is 0 Å². The van der Waals surface area contributed by atoms with Crippen LogP contribution in [0, 0.1) is 5.92 Å². The second-order valence-electron chi connectivity index (χ2n) is 8.79. The Hall–Kier alpha value is -3.95. The standard InChI is InChI=1S/C24H28N4O6/c1-14(2)18-11-19(21(30)12-20(18)29)22-25-26-23(31)28(22)16-3-5-17(6-4-16)34-13-15-7-9-27(10-8-15)24(32)33/h3-6,11-12,14-15,29-30H,7-10,13H2,1-2H3,(H,26,31)(H,32,33). The van der Waals surface area contributed by atoms with Gasteiger partial charge in [-0.15, -0.1) is 0 Å². The molecule has 0 spiro atoms. The van der Waals surface area contributed by atoms with E-state index >= 15 is 0 Å². The van der Waals surface area contributed by atoms with Gasteiger partial charge in [-0.05, 0) is 60.6 Å². The number of nitrogens with one attached hydrogen (secondary N) is 1. The highest BCUT2D eigenvalue weighted by Crippen LogP contribution is 2.37. The normalized spacial score (nSPS) is 14.5. The number of carbonyl (C=O) groups is 1. The molecule has 2 aromatic carbocycles. The molecule has 0 saturated carbocycles. The molecule has 0 atom stereocenters. The van der Waals surface area contributed by atoms with Crippen molar-refractivity contribution in [3.05, 3.63) is 52.4 Å². The highest BCUT2D eigenvalue weighted by atomic mass is 16.5. The maximum atomic E-state index is 12.5. The highest BCUT2D eigenvalue weighted by Gasteiger charge is 2.23. The molecular formula is C24H28N4O6. The quantitative estimate of drug-likeness (QED) is 0.434. The number of ether oxygens (including phenoxy) is 1. The largest absolute Gasteiger partial charge is 0.508 e. The second kappa shape index (κ2) is 9.50. The van der Waals surface area contributed by atoms with Crippen molar-refractivity contribution in [2.45, 2.75) is 32.6 Å². The van der Waals surface area contributed by atoms with Gasteiger partial charge in [-0.3, -0.25) is 0 Å². The first-order chi connectivity index (χ1) is 16.2. The van der Waals surface area contributed by atoms with E-state index in [2.05, 4.69) is 10.2 Å². The summed E-state index contributed by atoms with van der Waals surface area (Å²) in [6.07, 6.45) is 0.629. The van der Waals surface area contributed by atoms with Gasteiger partial charge in [0.1, 0.15) is 17.2 Å². The van der Waals surface area contributed by atoms with Gasteiger partial charge < -0.3 is 25.0 Å². The van der Waals surface area contributed by atoms with Gasteiger partial charge >= 0.3 is 11.8 Å². The Morgan fingerprint density at radius 3 is 2.44 bits per heavy atom. The van der Waals surface area contributed by atoms with E-state index in [-0.39, 0.29) is 29.2 Å². The molecule has 0 bridgehead atoms. The molecule has 34 heavy (non-hydrogen) atoms. The number of phenols is 2. The molecule has 4 rings (SSSR count). The predicted octanol–water partition coefficient (Wildman–Crippen LogP) is 3.53. The number of aromatic nitrogens is 3. The van der Waals surface area contributed by atoms with E-state index in [4.69, 9.17) is 9.84 Å². The Morgan fingerprint density at radius 2 is 1.82 bits per heavy atom. The molecule has 10 nitrogen and oxygen atoms in total. The van der Waals surface area contributed by atoms with Crippen LogP contribution in [0.5, 0.6) is 17.2 Å². The first-order valence-corrected chi connectivity index (χ1v) is 11.2. The van der Waals surface area contributed by atoms with Crippen LogP contribution in [-0.2, 0) is 0 Å².